The molecule has 1 aliphatic rings. The summed E-state index contributed by atoms with van der Waals surface area (Å²) < 4.78 is 0. The maximum Gasteiger partial charge on any atom is 0.145 e. The van der Waals surface area contributed by atoms with Gasteiger partial charge in [0.05, 0.1) is 0 Å². The van der Waals surface area contributed by atoms with Crippen molar-refractivity contribution in [2.45, 2.75) is 32.6 Å². The van der Waals surface area contributed by atoms with Crippen LogP contribution < -0.4 is 0 Å². The fraction of sp³-hybridized carbons (Fsp3) is 0.278. The van der Waals surface area contributed by atoms with Crippen molar-refractivity contribution in [1.29, 1.82) is 0 Å². The van der Waals surface area contributed by atoms with Gasteiger partial charge >= 0.3 is 0 Å². The molecule has 96 valence electrons. The van der Waals surface area contributed by atoms with E-state index in [4.69, 9.17) is 0 Å². The minimum absolute atomic E-state index is 0.121. The zero-order chi connectivity index (χ0) is 13.4. The highest BCUT2D eigenvalue weighted by Crippen LogP contribution is 2.36. The van der Waals surface area contributed by atoms with Crippen molar-refractivity contribution in [3.8, 4) is 0 Å². The average molecular weight is 250 g/mol. The Balaban J connectivity index is 1.81. The Kier molecular flexibility index (Phi) is 2.98. The lowest BCUT2D eigenvalue weighted by atomic mass is 9.74. The van der Waals surface area contributed by atoms with E-state index >= 15 is 0 Å². The van der Waals surface area contributed by atoms with Crippen LogP contribution in [0.5, 0.6) is 0 Å². The number of hydrogen-bond acceptors (Lipinski definition) is 1. The van der Waals surface area contributed by atoms with Gasteiger partial charge in [-0.25, -0.2) is 0 Å². The molecule has 0 saturated heterocycles. The number of carbonyl (C=O) groups is 1. The molecule has 3 rings (SSSR count). The van der Waals surface area contributed by atoms with Gasteiger partial charge in [0.25, 0.3) is 0 Å². The predicted octanol–water partition coefficient (Wildman–Crippen LogP) is 3.75. The van der Waals surface area contributed by atoms with E-state index in [0.717, 1.165) is 6.42 Å². The van der Waals surface area contributed by atoms with Crippen molar-refractivity contribution in [3.05, 3.63) is 70.3 Å². The molecule has 1 nitrogen and oxygen atoms in total. The summed E-state index contributed by atoms with van der Waals surface area (Å²) in [7, 11) is 0. The van der Waals surface area contributed by atoms with Gasteiger partial charge in [0.1, 0.15) is 5.78 Å². The molecule has 19 heavy (non-hydrogen) atoms. The van der Waals surface area contributed by atoms with Gasteiger partial charge < -0.3 is 0 Å². The number of ketones is 1. The molecule has 0 radical (unpaired) electrons. The zero-order valence-corrected chi connectivity index (χ0v) is 11.4. The van der Waals surface area contributed by atoms with E-state index in [1.54, 1.807) is 0 Å². The van der Waals surface area contributed by atoms with Gasteiger partial charge in [-0.3, -0.25) is 4.79 Å². The fourth-order valence-electron chi connectivity index (χ4n) is 2.97. The van der Waals surface area contributed by atoms with Crippen LogP contribution in [0.2, 0.25) is 0 Å². The van der Waals surface area contributed by atoms with Crippen LogP contribution >= 0.6 is 0 Å². The molecule has 0 bridgehead atoms. The number of benzene rings is 2. The quantitative estimate of drug-likeness (QED) is 0.810. The molecule has 0 N–H and O–H groups in total. The smallest absolute Gasteiger partial charge is 0.145 e. The van der Waals surface area contributed by atoms with Crippen LogP contribution in [0.15, 0.2) is 42.5 Å². The van der Waals surface area contributed by atoms with Crippen LogP contribution in [0, 0.1) is 13.8 Å². The Bertz CT molecular complexity index is 620. The summed E-state index contributed by atoms with van der Waals surface area (Å²) >= 11 is 0. The second-order valence-electron chi connectivity index (χ2n) is 5.47. The lowest BCUT2D eigenvalue weighted by Crippen LogP contribution is -2.26. The SMILES string of the molecule is Cc1cccc(C)c1CC(=O)C1Cc2ccccc21. The highest BCUT2D eigenvalue weighted by atomic mass is 16.1. The van der Waals surface area contributed by atoms with Gasteiger partial charge in [0.2, 0.25) is 0 Å². The van der Waals surface area contributed by atoms with Gasteiger partial charge in [-0.2, -0.15) is 0 Å². The minimum Gasteiger partial charge on any atom is -0.299 e. The first-order valence-corrected chi connectivity index (χ1v) is 6.82. The zero-order valence-electron chi connectivity index (χ0n) is 11.4. The summed E-state index contributed by atoms with van der Waals surface area (Å²) in [5, 5.41) is 0. The number of aryl methyl sites for hydroxylation is 2. The van der Waals surface area contributed by atoms with Crippen LogP contribution in [-0.4, -0.2) is 5.78 Å². The van der Waals surface area contributed by atoms with Crippen molar-refractivity contribution < 1.29 is 4.79 Å². The second-order valence-corrected chi connectivity index (χ2v) is 5.47. The molecule has 1 unspecified atom stereocenters. The Morgan fingerprint density at radius 2 is 1.74 bits per heavy atom. The van der Waals surface area contributed by atoms with E-state index in [0.29, 0.717) is 12.2 Å². The lowest BCUT2D eigenvalue weighted by molar-refractivity contribution is -0.120. The van der Waals surface area contributed by atoms with E-state index < -0.39 is 0 Å². The maximum absolute atomic E-state index is 12.5. The van der Waals surface area contributed by atoms with Crippen molar-refractivity contribution in [1.82, 2.24) is 0 Å². The number of rotatable bonds is 3. The van der Waals surface area contributed by atoms with Crippen LogP contribution in [0.4, 0.5) is 0 Å². The third-order valence-electron chi connectivity index (χ3n) is 4.24. The molecule has 1 heteroatoms. The Morgan fingerprint density at radius 3 is 2.42 bits per heavy atom. The summed E-state index contributed by atoms with van der Waals surface area (Å²) in [5.41, 5.74) is 6.22. The first kappa shape index (κ1) is 12.2. The van der Waals surface area contributed by atoms with Crippen molar-refractivity contribution in [2.24, 2.45) is 0 Å². The Morgan fingerprint density at radius 1 is 1.05 bits per heavy atom. The van der Waals surface area contributed by atoms with Crippen molar-refractivity contribution in [3.63, 3.8) is 0 Å². The van der Waals surface area contributed by atoms with Crippen LogP contribution in [0.25, 0.3) is 0 Å². The summed E-state index contributed by atoms with van der Waals surface area (Å²) in [4.78, 5) is 12.5. The van der Waals surface area contributed by atoms with Gasteiger partial charge in [0.15, 0.2) is 0 Å². The highest BCUT2D eigenvalue weighted by Gasteiger charge is 2.31. The predicted molar refractivity (Wildman–Crippen MR) is 77.5 cm³/mol. The van der Waals surface area contributed by atoms with Crippen molar-refractivity contribution in [2.75, 3.05) is 0 Å². The minimum atomic E-state index is 0.121. The maximum atomic E-state index is 12.5. The Hall–Kier alpha value is -1.89. The summed E-state index contributed by atoms with van der Waals surface area (Å²) in [6.45, 7) is 4.18. The van der Waals surface area contributed by atoms with Crippen LogP contribution in [0.1, 0.15) is 33.7 Å². The molecule has 2 aromatic carbocycles. The number of Topliss-reactive ketones (excluding diaryl/α,β-unsaturated/α-hetero) is 1. The molecular formula is C18H18O. The molecule has 1 aliphatic carbocycles. The molecule has 0 aromatic heterocycles. The van der Waals surface area contributed by atoms with Gasteiger partial charge in [0, 0.05) is 12.3 Å². The van der Waals surface area contributed by atoms with E-state index in [9.17, 15) is 4.79 Å². The molecule has 0 saturated carbocycles. The molecule has 0 spiro atoms. The molecule has 2 aromatic rings. The summed E-state index contributed by atoms with van der Waals surface area (Å²) in [6, 6.07) is 14.5. The monoisotopic (exact) mass is 250 g/mol. The van der Waals surface area contributed by atoms with Crippen molar-refractivity contribution >= 4 is 5.78 Å². The molecule has 1 atom stereocenters. The number of fused-ring (bicyclic) bond motifs is 1. The highest BCUT2D eigenvalue weighted by molar-refractivity contribution is 5.90. The molecule has 0 heterocycles. The van der Waals surface area contributed by atoms with E-state index in [1.165, 1.54) is 27.8 Å². The number of hydrogen-bond donors (Lipinski definition) is 0. The fourth-order valence-corrected chi connectivity index (χ4v) is 2.97. The normalized spacial score (nSPS) is 16.6. The Labute approximate surface area is 114 Å². The topological polar surface area (TPSA) is 17.1 Å². The molecular weight excluding hydrogens is 232 g/mol. The van der Waals surface area contributed by atoms with Gasteiger partial charge in [-0.1, -0.05) is 42.5 Å². The lowest BCUT2D eigenvalue weighted by Gasteiger charge is -2.29. The summed E-state index contributed by atoms with van der Waals surface area (Å²) in [5.74, 6) is 0.478. The third-order valence-corrected chi connectivity index (χ3v) is 4.24. The number of carbonyl (C=O) groups excluding carboxylic acids is 1. The first-order valence-electron chi connectivity index (χ1n) is 6.82. The average Bonchev–Trinajstić information content (AvgIpc) is 2.35. The van der Waals surface area contributed by atoms with E-state index in [-0.39, 0.29) is 5.92 Å². The van der Waals surface area contributed by atoms with Crippen LogP contribution in [-0.2, 0) is 17.6 Å². The third kappa shape index (κ3) is 2.10. The molecule has 0 aliphatic heterocycles. The second kappa shape index (κ2) is 4.65. The molecule has 0 fully saturated rings. The van der Waals surface area contributed by atoms with Gasteiger partial charge in [-0.15, -0.1) is 0 Å². The van der Waals surface area contributed by atoms with Crippen LogP contribution in [0.3, 0.4) is 0 Å². The van der Waals surface area contributed by atoms with Gasteiger partial charge in [-0.05, 0) is 48.1 Å². The van der Waals surface area contributed by atoms with E-state index in [2.05, 4.69) is 44.2 Å². The standard InChI is InChI=1S/C18H18O/c1-12-6-5-7-13(2)16(12)11-18(19)17-10-14-8-3-4-9-15(14)17/h3-9,17H,10-11H2,1-2H3. The largest absolute Gasteiger partial charge is 0.299 e. The first-order chi connectivity index (χ1) is 9.16. The molecule has 0 amide bonds. The van der Waals surface area contributed by atoms with E-state index in [1.807, 2.05) is 12.1 Å². The summed E-state index contributed by atoms with van der Waals surface area (Å²) in [6.07, 6.45) is 1.48.